The van der Waals surface area contributed by atoms with Gasteiger partial charge in [-0.2, -0.15) is 0 Å². The van der Waals surface area contributed by atoms with Gasteiger partial charge in [0.2, 0.25) is 0 Å². The molecule has 0 spiro atoms. The zero-order valence-electron chi connectivity index (χ0n) is 16.6. The second kappa shape index (κ2) is 8.55. The molecule has 1 amide bonds. The summed E-state index contributed by atoms with van der Waals surface area (Å²) < 4.78 is 2.31. The molecule has 3 aromatic rings. The quantitative estimate of drug-likeness (QED) is 0.584. The Morgan fingerprint density at radius 3 is 2.68 bits per heavy atom. The lowest BCUT2D eigenvalue weighted by Crippen LogP contribution is -2.33. The largest absolute Gasteiger partial charge is 0.331 e. The summed E-state index contributed by atoms with van der Waals surface area (Å²) in [6.07, 6.45) is 8.70. The van der Waals surface area contributed by atoms with E-state index in [-0.39, 0.29) is 5.91 Å². The summed E-state index contributed by atoms with van der Waals surface area (Å²) in [6.45, 7) is 3.43. The molecule has 5 nitrogen and oxygen atoms in total. The standard InChI is InChI=1S/C23H28N4O/c1-2-3-16-26(23(28)18-10-5-4-6-11-18)17-21-25-20-14-9-15-24-22(20)27(21)19-12-7-8-13-19/h4-6,9-11,14-15,19H,2-3,7-8,12-13,16-17H2,1H3. The van der Waals surface area contributed by atoms with Crippen molar-refractivity contribution in [1.29, 1.82) is 0 Å². The summed E-state index contributed by atoms with van der Waals surface area (Å²) in [5.41, 5.74) is 2.61. The van der Waals surface area contributed by atoms with Crippen LogP contribution in [0.4, 0.5) is 0 Å². The van der Waals surface area contributed by atoms with E-state index >= 15 is 0 Å². The third kappa shape index (κ3) is 3.79. The zero-order chi connectivity index (χ0) is 19.3. The lowest BCUT2D eigenvalue weighted by atomic mass is 10.2. The number of aromatic nitrogens is 3. The topological polar surface area (TPSA) is 51.0 Å². The SMILES string of the molecule is CCCCN(Cc1nc2cccnc2n1C1CCCC1)C(=O)c1ccccc1. The van der Waals surface area contributed by atoms with Crippen LogP contribution in [0.15, 0.2) is 48.7 Å². The summed E-state index contributed by atoms with van der Waals surface area (Å²) in [7, 11) is 0. The van der Waals surface area contributed by atoms with Crippen molar-refractivity contribution in [3.8, 4) is 0 Å². The smallest absolute Gasteiger partial charge is 0.254 e. The summed E-state index contributed by atoms with van der Waals surface area (Å²) >= 11 is 0. The van der Waals surface area contributed by atoms with Gasteiger partial charge in [-0.3, -0.25) is 4.79 Å². The molecule has 2 heterocycles. The van der Waals surface area contributed by atoms with Gasteiger partial charge in [0.15, 0.2) is 5.65 Å². The number of fused-ring (bicyclic) bond motifs is 1. The monoisotopic (exact) mass is 376 g/mol. The Hall–Kier alpha value is -2.69. The molecule has 28 heavy (non-hydrogen) atoms. The van der Waals surface area contributed by atoms with Gasteiger partial charge in [0.05, 0.1) is 6.54 Å². The molecule has 0 bridgehead atoms. The first kappa shape index (κ1) is 18.7. The van der Waals surface area contributed by atoms with Crippen LogP contribution in [-0.2, 0) is 6.54 Å². The second-order valence-electron chi connectivity index (χ2n) is 7.63. The van der Waals surface area contributed by atoms with E-state index in [4.69, 9.17) is 4.98 Å². The number of hydrogen-bond donors (Lipinski definition) is 0. The van der Waals surface area contributed by atoms with Crippen LogP contribution in [0.3, 0.4) is 0 Å². The third-order valence-electron chi connectivity index (χ3n) is 5.63. The maximum atomic E-state index is 13.2. The maximum absolute atomic E-state index is 13.2. The summed E-state index contributed by atoms with van der Waals surface area (Å²) in [5, 5.41) is 0. The van der Waals surface area contributed by atoms with Gasteiger partial charge in [-0.1, -0.05) is 44.4 Å². The van der Waals surface area contributed by atoms with Gasteiger partial charge in [0.25, 0.3) is 5.91 Å². The lowest BCUT2D eigenvalue weighted by Gasteiger charge is -2.24. The number of nitrogens with zero attached hydrogens (tertiary/aromatic N) is 4. The molecule has 1 aromatic carbocycles. The average Bonchev–Trinajstić information content (AvgIpc) is 3.38. The van der Waals surface area contributed by atoms with E-state index in [1.54, 1.807) is 0 Å². The van der Waals surface area contributed by atoms with Gasteiger partial charge >= 0.3 is 0 Å². The molecule has 0 radical (unpaired) electrons. The van der Waals surface area contributed by atoms with Crippen molar-refractivity contribution in [3.05, 3.63) is 60.0 Å². The van der Waals surface area contributed by atoms with Crippen molar-refractivity contribution >= 4 is 17.1 Å². The number of imidazole rings is 1. The number of unbranched alkanes of at least 4 members (excludes halogenated alkanes) is 1. The van der Waals surface area contributed by atoms with Gasteiger partial charge in [-0.15, -0.1) is 0 Å². The number of rotatable bonds is 7. The van der Waals surface area contributed by atoms with Crippen molar-refractivity contribution in [2.24, 2.45) is 0 Å². The molecule has 1 saturated carbocycles. The van der Waals surface area contributed by atoms with Crippen LogP contribution in [0.2, 0.25) is 0 Å². The Labute approximate surface area is 166 Å². The van der Waals surface area contributed by atoms with Crippen LogP contribution >= 0.6 is 0 Å². The first-order valence-corrected chi connectivity index (χ1v) is 10.4. The van der Waals surface area contributed by atoms with Gasteiger partial charge in [0.1, 0.15) is 11.3 Å². The molecule has 4 rings (SSSR count). The molecule has 0 aliphatic heterocycles. The maximum Gasteiger partial charge on any atom is 0.254 e. The highest BCUT2D eigenvalue weighted by Crippen LogP contribution is 2.33. The van der Waals surface area contributed by atoms with Crippen LogP contribution in [0.25, 0.3) is 11.2 Å². The Morgan fingerprint density at radius 2 is 1.93 bits per heavy atom. The fourth-order valence-corrected chi connectivity index (χ4v) is 4.17. The number of carbonyl (C=O) groups excluding carboxylic acids is 1. The Bertz CT molecular complexity index is 928. The second-order valence-corrected chi connectivity index (χ2v) is 7.63. The number of carbonyl (C=O) groups is 1. The molecule has 0 saturated heterocycles. The molecule has 0 unspecified atom stereocenters. The van der Waals surface area contributed by atoms with Gasteiger partial charge in [-0.25, -0.2) is 9.97 Å². The van der Waals surface area contributed by atoms with Crippen molar-refractivity contribution in [2.75, 3.05) is 6.54 Å². The van der Waals surface area contributed by atoms with Gasteiger partial charge in [-0.05, 0) is 43.5 Å². The molecule has 1 aliphatic carbocycles. The Kier molecular flexibility index (Phi) is 5.70. The molecule has 2 aromatic heterocycles. The number of pyridine rings is 1. The lowest BCUT2D eigenvalue weighted by molar-refractivity contribution is 0.0734. The van der Waals surface area contributed by atoms with Crippen molar-refractivity contribution in [1.82, 2.24) is 19.4 Å². The van der Waals surface area contributed by atoms with Crippen LogP contribution in [-0.4, -0.2) is 31.9 Å². The fourth-order valence-electron chi connectivity index (χ4n) is 4.17. The molecular formula is C23H28N4O. The molecule has 1 aliphatic rings. The number of hydrogen-bond acceptors (Lipinski definition) is 3. The molecule has 0 N–H and O–H groups in total. The van der Waals surface area contributed by atoms with Crippen LogP contribution < -0.4 is 0 Å². The predicted octanol–water partition coefficient (Wildman–Crippen LogP) is 4.99. The molecule has 146 valence electrons. The minimum atomic E-state index is 0.0760. The summed E-state index contributed by atoms with van der Waals surface area (Å²) in [6, 6.07) is 14.0. The highest BCUT2D eigenvalue weighted by molar-refractivity contribution is 5.94. The fraction of sp³-hybridized carbons (Fsp3) is 0.435. The van der Waals surface area contributed by atoms with E-state index in [0.717, 1.165) is 54.8 Å². The number of benzene rings is 1. The molecule has 0 atom stereocenters. The summed E-state index contributed by atoms with van der Waals surface area (Å²) in [4.78, 5) is 24.6. The normalized spacial score (nSPS) is 14.6. The van der Waals surface area contributed by atoms with Crippen LogP contribution in [0.5, 0.6) is 0 Å². The highest BCUT2D eigenvalue weighted by atomic mass is 16.2. The minimum absolute atomic E-state index is 0.0760. The average molecular weight is 377 g/mol. The minimum Gasteiger partial charge on any atom is -0.331 e. The van der Waals surface area contributed by atoms with E-state index in [2.05, 4.69) is 16.5 Å². The van der Waals surface area contributed by atoms with E-state index in [0.29, 0.717) is 12.6 Å². The van der Waals surface area contributed by atoms with E-state index in [1.165, 1.54) is 12.8 Å². The van der Waals surface area contributed by atoms with Crippen molar-refractivity contribution < 1.29 is 4.79 Å². The molecule has 1 fully saturated rings. The predicted molar refractivity (Wildman–Crippen MR) is 111 cm³/mol. The molecular weight excluding hydrogens is 348 g/mol. The first-order valence-electron chi connectivity index (χ1n) is 10.4. The van der Waals surface area contributed by atoms with Gasteiger partial charge < -0.3 is 9.47 Å². The number of amides is 1. The van der Waals surface area contributed by atoms with Crippen LogP contribution in [0.1, 0.15) is 67.7 Å². The van der Waals surface area contributed by atoms with E-state index in [1.807, 2.05) is 53.6 Å². The van der Waals surface area contributed by atoms with E-state index < -0.39 is 0 Å². The summed E-state index contributed by atoms with van der Waals surface area (Å²) in [5.74, 6) is 1.04. The first-order chi connectivity index (χ1) is 13.8. The van der Waals surface area contributed by atoms with E-state index in [9.17, 15) is 4.79 Å². The highest BCUT2D eigenvalue weighted by Gasteiger charge is 2.25. The Balaban J connectivity index is 1.69. The molecule has 5 heteroatoms. The van der Waals surface area contributed by atoms with Crippen molar-refractivity contribution in [3.63, 3.8) is 0 Å². The Morgan fingerprint density at radius 1 is 1.14 bits per heavy atom. The van der Waals surface area contributed by atoms with Crippen molar-refractivity contribution in [2.45, 2.75) is 58.0 Å². The zero-order valence-corrected chi connectivity index (χ0v) is 16.6. The van der Waals surface area contributed by atoms with Crippen LogP contribution in [0, 0.1) is 0 Å². The van der Waals surface area contributed by atoms with Gasteiger partial charge in [0, 0.05) is 24.3 Å². The third-order valence-corrected chi connectivity index (χ3v) is 5.63.